The second-order valence-corrected chi connectivity index (χ2v) is 3.94. The van der Waals surface area contributed by atoms with Gasteiger partial charge in [-0.2, -0.15) is 0 Å². The Kier molecular flexibility index (Phi) is 4.25. The summed E-state index contributed by atoms with van der Waals surface area (Å²) in [5.41, 5.74) is 0.396. The number of aliphatic carboxylic acids is 1. The number of aromatic nitrogens is 1. The number of nitrogens with zero attached hydrogens (tertiary/aromatic N) is 2. The van der Waals surface area contributed by atoms with E-state index in [1.165, 1.54) is 11.1 Å². The standard InChI is InChI=1S/C11H16N2O4/c1-4-9-8(5-12-17-9)10(14)13(3)6-7(2)11(15)16/h5,7H,4,6H2,1-3H3,(H,15,16). The molecular formula is C11H16N2O4. The molecular weight excluding hydrogens is 224 g/mol. The molecule has 17 heavy (non-hydrogen) atoms. The highest BCUT2D eigenvalue weighted by Gasteiger charge is 2.22. The molecule has 1 aromatic heterocycles. The van der Waals surface area contributed by atoms with E-state index in [1.54, 1.807) is 14.0 Å². The number of carbonyl (C=O) groups is 2. The minimum atomic E-state index is -0.925. The summed E-state index contributed by atoms with van der Waals surface area (Å²) in [7, 11) is 1.56. The number of carboxylic acids is 1. The van der Waals surface area contributed by atoms with Gasteiger partial charge in [-0.15, -0.1) is 0 Å². The van der Waals surface area contributed by atoms with Crippen molar-refractivity contribution in [1.82, 2.24) is 10.1 Å². The Morgan fingerprint density at radius 3 is 2.76 bits per heavy atom. The first kappa shape index (κ1) is 13.2. The molecule has 6 heteroatoms. The van der Waals surface area contributed by atoms with Crippen molar-refractivity contribution in [3.63, 3.8) is 0 Å². The van der Waals surface area contributed by atoms with E-state index in [2.05, 4.69) is 5.16 Å². The first-order valence-electron chi connectivity index (χ1n) is 5.39. The average molecular weight is 240 g/mol. The Bertz CT molecular complexity index is 413. The highest BCUT2D eigenvalue weighted by molar-refractivity contribution is 5.94. The third kappa shape index (κ3) is 3.05. The highest BCUT2D eigenvalue weighted by atomic mass is 16.5. The van der Waals surface area contributed by atoms with Gasteiger partial charge in [-0.1, -0.05) is 19.0 Å². The highest BCUT2D eigenvalue weighted by Crippen LogP contribution is 2.12. The van der Waals surface area contributed by atoms with E-state index in [1.807, 2.05) is 6.92 Å². The molecule has 1 N–H and O–H groups in total. The molecule has 0 spiro atoms. The lowest BCUT2D eigenvalue weighted by molar-refractivity contribution is -0.141. The molecule has 0 saturated carbocycles. The van der Waals surface area contributed by atoms with E-state index in [-0.39, 0.29) is 12.5 Å². The lowest BCUT2D eigenvalue weighted by atomic mass is 10.1. The molecule has 1 aromatic rings. The molecule has 0 aliphatic heterocycles. The third-order valence-corrected chi connectivity index (χ3v) is 2.51. The second-order valence-electron chi connectivity index (χ2n) is 3.94. The fourth-order valence-corrected chi connectivity index (χ4v) is 1.47. The van der Waals surface area contributed by atoms with Crippen LogP contribution in [0.3, 0.4) is 0 Å². The lowest BCUT2D eigenvalue weighted by Crippen LogP contribution is -2.33. The quantitative estimate of drug-likeness (QED) is 0.831. The van der Waals surface area contributed by atoms with Crippen molar-refractivity contribution in [3.05, 3.63) is 17.5 Å². The summed E-state index contributed by atoms with van der Waals surface area (Å²) in [5.74, 6) is -1.28. The molecule has 1 heterocycles. The zero-order chi connectivity index (χ0) is 13.0. The van der Waals surface area contributed by atoms with Crippen LogP contribution in [0.1, 0.15) is 30.0 Å². The number of carboxylic acid groups (broad SMARTS) is 1. The van der Waals surface area contributed by atoms with Gasteiger partial charge in [0.25, 0.3) is 5.91 Å². The number of amides is 1. The van der Waals surface area contributed by atoms with Crippen molar-refractivity contribution < 1.29 is 19.2 Å². The van der Waals surface area contributed by atoms with Gasteiger partial charge >= 0.3 is 5.97 Å². The number of hydrogen-bond donors (Lipinski definition) is 1. The summed E-state index contributed by atoms with van der Waals surface area (Å²) in [6.45, 7) is 3.57. The van der Waals surface area contributed by atoms with Crippen molar-refractivity contribution >= 4 is 11.9 Å². The fourth-order valence-electron chi connectivity index (χ4n) is 1.47. The van der Waals surface area contributed by atoms with E-state index < -0.39 is 11.9 Å². The first-order chi connectivity index (χ1) is 7.97. The van der Waals surface area contributed by atoms with Crippen LogP contribution in [0.5, 0.6) is 0 Å². The largest absolute Gasteiger partial charge is 0.481 e. The maximum absolute atomic E-state index is 12.0. The van der Waals surface area contributed by atoms with Crippen molar-refractivity contribution in [1.29, 1.82) is 0 Å². The van der Waals surface area contributed by atoms with Gasteiger partial charge in [0.05, 0.1) is 12.1 Å². The van der Waals surface area contributed by atoms with Gasteiger partial charge in [-0.25, -0.2) is 0 Å². The minimum Gasteiger partial charge on any atom is -0.481 e. The van der Waals surface area contributed by atoms with Crippen molar-refractivity contribution in [2.75, 3.05) is 13.6 Å². The number of aryl methyl sites for hydroxylation is 1. The van der Waals surface area contributed by atoms with Gasteiger partial charge in [0, 0.05) is 20.0 Å². The maximum atomic E-state index is 12.0. The monoisotopic (exact) mass is 240 g/mol. The van der Waals surface area contributed by atoms with Crippen LogP contribution in [0.2, 0.25) is 0 Å². The lowest BCUT2D eigenvalue weighted by Gasteiger charge is -2.18. The van der Waals surface area contributed by atoms with Crippen LogP contribution in [0.15, 0.2) is 10.7 Å². The van der Waals surface area contributed by atoms with Crippen LogP contribution < -0.4 is 0 Å². The van der Waals surface area contributed by atoms with Crippen molar-refractivity contribution in [2.45, 2.75) is 20.3 Å². The summed E-state index contributed by atoms with van der Waals surface area (Å²) in [6, 6.07) is 0. The zero-order valence-electron chi connectivity index (χ0n) is 10.1. The molecule has 94 valence electrons. The van der Waals surface area contributed by atoms with Gasteiger partial charge in [0.2, 0.25) is 0 Å². The van der Waals surface area contributed by atoms with Crippen LogP contribution in [0, 0.1) is 5.92 Å². The molecule has 1 unspecified atom stereocenters. The zero-order valence-corrected chi connectivity index (χ0v) is 10.1. The van der Waals surface area contributed by atoms with Crippen LogP contribution >= 0.6 is 0 Å². The minimum absolute atomic E-state index is 0.155. The summed E-state index contributed by atoms with van der Waals surface area (Å²) < 4.78 is 4.92. The Hall–Kier alpha value is -1.85. The van der Waals surface area contributed by atoms with E-state index >= 15 is 0 Å². The topological polar surface area (TPSA) is 83.6 Å². The molecule has 0 bridgehead atoms. The Labute approximate surface area is 99.2 Å². The average Bonchev–Trinajstić information content (AvgIpc) is 2.75. The van der Waals surface area contributed by atoms with Gasteiger partial charge in [0.15, 0.2) is 0 Å². The maximum Gasteiger partial charge on any atom is 0.308 e. The van der Waals surface area contributed by atoms with E-state index in [0.717, 1.165) is 0 Å². The van der Waals surface area contributed by atoms with Crippen LogP contribution in [0.4, 0.5) is 0 Å². The van der Waals surface area contributed by atoms with E-state index in [9.17, 15) is 9.59 Å². The predicted molar refractivity (Wildman–Crippen MR) is 59.6 cm³/mol. The summed E-state index contributed by atoms with van der Waals surface area (Å²) >= 11 is 0. The number of rotatable bonds is 5. The summed E-state index contributed by atoms with van der Waals surface area (Å²) in [6.07, 6.45) is 1.94. The molecule has 0 saturated heterocycles. The van der Waals surface area contributed by atoms with Gasteiger partial charge in [-0.05, 0) is 0 Å². The third-order valence-electron chi connectivity index (χ3n) is 2.51. The summed E-state index contributed by atoms with van der Waals surface area (Å²) in [4.78, 5) is 24.0. The molecule has 0 fully saturated rings. The normalized spacial score (nSPS) is 12.2. The smallest absolute Gasteiger partial charge is 0.308 e. The molecule has 1 rings (SSSR count). The number of carbonyl (C=O) groups excluding carboxylic acids is 1. The fraction of sp³-hybridized carbons (Fsp3) is 0.545. The first-order valence-corrected chi connectivity index (χ1v) is 5.39. The second kappa shape index (κ2) is 5.47. The van der Waals surface area contributed by atoms with Gasteiger partial charge in [0.1, 0.15) is 11.3 Å². The molecule has 1 amide bonds. The molecule has 0 aliphatic rings. The Morgan fingerprint density at radius 1 is 1.59 bits per heavy atom. The van der Waals surface area contributed by atoms with Crippen LogP contribution in [-0.2, 0) is 11.2 Å². The van der Waals surface area contributed by atoms with Crippen molar-refractivity contribution in [3.8, 4) is 0 Å². The predicted octanol–water partition coefficient (Wildman–Crippen LogP) is 1.03. The summed E-state index contributed by atoms with van der Waals surface area (Å²) in [5, 5.41) is 12.3. The SMILES string of the molecule is CCc1oncc1C(=O)N(C)CC(C)C(=O)O. The molecule has 1 atom stereocenters. The Morgan fingerprint density at radius 2 is 2.24 bits per heavy atom. The molecule has 6 nitrogen and oxygen atoms in total. The van der Waals surface area contributed by atoms with Crippen LogP contribution in [-0.4, -0.2) is 40.6 Å². The van der Waals surface area contributed by atoms with Gasteiger partial charge < -0.3 is 14.5 Å². The molecule has 0 aliphatic carbocycles. The molecule has 0 radical (unpaired) electrons. The van der Waals surface area contributed by atoms with Gasteiger partial charge in [-0.3, -0.25) is 9.59 Å². The van der Waals surface area contributed by atoms with Crippen LogP contribution in [0.25, 0.3) is 0 Å². The van der Waals surface area contributed by atoms with Crippen molar-refractivity contribution in [2.24, 2.45) is 5.92 Å². The number of hydrogen-bond acceptors (Lipinski definition) is 4. The molecule has 0 aromatic carbocycles. The van der Waals surface area contributed by atoms with E-state index in [4.69, 9.17) is 9.63 Å². The Balaban J connectivity index is 2.73. The van der Waals surface area contributed by atoms with E-state index in [0.29, 0.717) is 17.7 Å².